The SMILES string of the molecule is COc1cc(C)ccc1CN1CCC(C2(C)CCCCN(C)C2=O)CC1. The van der Waals surface area contributed by atoms with E-state index in [0.29, 0.717) is 11.8 Å². The summed E-state index contributed by atoms with van der Waals surface area (Å²) in [5.41, 5.74) is 2.32. The topological polar surface area (TPSA) is 32.8 Å². The molecule has 0 spiro atoms. The lowest BCUT2D eigenvalue weighted by Crippen LogP contribution is -2.47. The molecule has 2 aliphatic rings. The molecule has 0 radical (unpaired) electrons. The summed E-state index contributed by atoms with van der Waals surface area (Å²) >= 11 is 0. The maximum absolute atomic E-state index is 13.0. The van der Waals surface area contributed by atoms with Gasteiger partial charge in [0.25, 0.3) is 0 Å². The number of piperidine rings is 1. The van der Waals surface area contributed by atoms with Crippen molar-refractivity contribution in [1.82, 2.24) is 9.80 Å². The Morgan fingerprint density at radius 1 is 1.19 bits per heavy atom. The average molecular weight is 359 g/mol. The molecule has 2 fully saturated rings. The van der Waals surface area contributed by atoms with E-state index >= 15 is 0 Å². The molecule has 1 aromatic carbocycles. The lowest BCUT2D eigenvalue weighted by atomic mass is 9.69. The highest BCUT2D eigenvalue weighted by molar-refractivity contribution is 5.82. The third-order valence-corrected chi connectivity index (χ3v) is 6.60. The number of aryl methyl sites for hydroxylation is 1. The second-order valence-corrected chi connectivity index (χ2v) is 8.47. The van der Waals surface area contributed by atoms with Crippen LogP contribution in [0.1, 0.15) is 50.2 Å². The standard InChI is InChI=1S/C22H34N2O2/c1-17-7-8-18(20(15-17)26-4)16-24-13-9-19(10-14-24)22(2)11-5-6-12-23(3)21(22)25/h7-8,15,19H,5-6,9-14,16H2,1-4H3. The van der Waals surface area contributed by atoms with Gasteiger partial charge in [0.05, 0.1) is 7.11 Å². The Labute approximate surface area is 158 Å². The fourth-order valence-corrected chi connectivity index (χ4v) is 4.82. The van der Waals surface area contributed by atoms with E-state index in [4.69, 9.17) is 4.74 Å². The Balaban J connectivity index is 1.63. The van der Waals surface area contributed by atoms with Crippen molar-refractivity contribution < 1.29 is 9.53 Å². The molecule has 0 N–H and O–H groups in total. The number of ether oxygens (including phenoxy) is 1. The van der Waals surface area contributed by atoms with Crippen LogP contribution < -0.4 is 4.74 Å². The number of hydrogen-bond acceptors (Lipinski definition) is 3. The normalized spacial score (nSPS) is 26.0. The zero-order chi connectivity index (χ0) is 18.7. The van der Waals surface area contributed by atoms with Gasteiger partial charge in [-0.2, -0.15) is 0 Å². The van der Waals surface area contributed by atoms with E-state index in [1.165, 1.54) is 17.5 Å². The lowest BCUT2D eigenvalue weighted by Gasteiger charge is -2.42. The zero-order valence-electron chi connectivity index (χ0n) is 16.9. The van der Waals surface area contributed by atoms with Gasteiger partial charge in [-0.25, -0.2) is 0 Å². The third-order valence-electron chi connectivity index (χ3n) is 6.60. The van der Waals surface area contributed by atoms with E-state index < -0.39 is 0 Å². The number of methoxy groups -OCH3 is 1. The van der Waals surface area contributed by atoms with E-state index in [1.807, 2.05) is 11.9 Å². The smallest absolute Gasteiger partial charge is 0.228 e. The minimum Gasteiger partial charge on any atom is -0.496 e. The van der Waals surface area contributed by atoms with E-state index in [-0.39, 0.29) is 5.41 Å². The largest absolute Gasteiger partial charge is 0.496 e. The molecular weight excluding hydrogens is 324 g/mol. The molecule has 26 heavy (non-hydrogen) atoms. The molecule has 2 saturated heterocycles. The van der Waals surface area contributed by atoms with Crippen LogP contribution >= 0.6 is 0 Å². The molecule has 0 aliphatic carbocycles. The summed E-state index contributed by atoms with van der Waals surface area (Å²) in [6.45, 7) is 8.30. The summed E-state index contributed by atoms with van der Waals surface area (Å²) < 4.78 is 5.56. The number of benzene rings is 1. The molecular formula is C22H34N2O2. The minimum absolute atomic E-state index is 0.168. The fourth-order valence-electron chi connectivity index (χ4n) is 4.82. The van der Waals surface area contributed by atoms with Crippen molar-refractivity contribution in [1.29, 1.82) is 0 Å². The number of hydrogen-bond donors (Lipinski definition) is 0. The predicted molar refractivity (Wildman–Crippen MR) is 105 cm³/mol. The van der Waals surface area contributed by atoms with Gasteiger partial charge in [0, 0.05) is 31.1 Å². The Hall–Kier alpha value is -1.55. The number of rotatable bonds is 4. The number of nitrogens with zero attached hydrogens (tertiary/aromatic N) is 2. The molecule has 0 bridgehead atoms. The number of carbonyl (C=O) groups is 1. The van der Waals surface area contributed by atoms with Crippen molar-refractivity contribution in [2.45, 2.75) is 52.5 Å². The van der Waals surface area contributed by atoms with Crippen LogP contribution in [0.2, 0.25) is 0 Å². The van der Waals surface area contributed by atoms with E-state index in [0.717, 1.165) is 57.6 Å². The van der Waals surface area contributed by atoms with Crippen molar-refractivity contribution in [2.75, 3.05) is 33.8 Å². The first-order valence-corrected chi connectivity index (χ1v) is 10.1. The molecule has 144 valence electrons. The third kappa shape index (κ3) is 3.90. The van der Waals surface area contributed by atoms with Crippen molar-refractivity contribution in [3.05, 3.63) is 29.3 Å². The second kappa shape index (κ2) is 7.99. The number of carbonyl (C=O) groups excluding carboxylic acids is 1. The van der Waals surface area contributed by atoms with Crippen molar-refractivity contribution >= 4 is 5.91 Å². The predicted octanol–water partition coefficient (Wildman–Crippen LogP) is 3.86. The molecule has 1 unspecified atom stereocenters. The van der Waals surface area contributed by atoms with E-state index in [1.54, 1.807) is 7.11 Å². The first-order chi connectivity index (χ1) is 12.4. The summed E-state index contributed by atoms with van der Waals surface area (Å²) in [6, 6.07) is 6.46. The van der Waals surface area contributed by atoms with Crippen LogP contribution in [-0.4, -0.2) is 49.5 Å². The van der Waals surface area contributed by atoms with Crippen molar-refractivity contribution in [3.8, 4) is 5.75 Å². The van der Waals surface area contributed by atoms with Crippen LogP contribution in [0.3, 0.4) is 0 Å². The van der Waals surface area contributed by atoms with Gasteiger partial charge >= 0.3 is 0 Å². The molecule has 1 atom stereocenters. The van der Waals surface area contributed by atoms with Gasteiger partial charge in [-0.3, -0.25) is 9.69 Å². The van der Waals surface area contributed by atoms with Gasteiger partial charge in [-0.1, -0.05) is 25.5 Å². The van der Waals surface area contributed by atoms with Crippen molar-refractivity contribution in [2.24, 2.45) is 11.3 Å². The molecule has 3 rings (SSSR count). The first-order valence-electron chi connectivity index (χ1n) is 10.1. The number of likely N-dealkylation sites (tertiary alicyclic amines) is 2. The maximum Gasteiger partial charge on any atom is 0.228 e. The highest BCUT2D eigenvalue weighted by Crippen LogP contribution is 2.42. The quantitative estimate of drug-likeness (QED) is 0.819. The highest BCUT2D eigenvalue weighted by Gasteiger charge is 2.44. The highest BCUT2D eigenvalue weighted by atomic mass is 16.5. The van der Waals surface area contributed by atoms with E-state index in [2.05, 4.69) is 36.9 Å². The minimum atomic E-state index is -0.168. The zero-order valence-corrected chi connectivity index (χ0v) is 16.9. The van der Waals surface area contributed by atoms with Crippen LogP contribution in [0.5, 0.6) is 5.75 Å². The summed E-state index contributed by atoms with van der Waals surface area (Å²) in [4.78, 5) is 17.4. The molecule has 0 aromatic heterocycles. The molecule has 4 nitrogen and oxygen atoms in total. The van der Waals surface area contributed by atoms with Crippen LogP contribution in [0, 0.1) is 18.3 Å². The van der Waals surface area contributed by atoms with Gasteiger partial charge in [0.2, 0.25) is 5.91 Å². The summed E-state index contributed by atoms with van der Waals surface area (Å²) in [5.74, 6) is 1.86. The molecule has 4 heteroatoms. The maximum atomic E-state index is 13.0. The second-order valence-electron chi connectivity index (χ2n) is 8.47. The Morgan fingerprint density at radius 3 is 2.62 bits per heavy atom. The van der Waals surface area contributed by atoms with Crippen LogP contribution in [0.25, 0.3) is 0 Å². The van der Waals surface area contributed by atoms with Gasteiger partial charge in [0.15, 0.2) is 0 Å². The molecule has 2 aliphatic heterocycles. The average Bonchev–Trinajstić information content (AvgIpc) is 2.78. The van der Waals surface area contributed by atoms with Crippen molar-refractivity contribution in [3.63, 3.8) is 0 Å². The lowest BCUT2D eigenvalue weighted by molar-refractivity contribution is -0.143. The van der Waals surface area contributed by atoms with Gasteiger partial charge < -0.3 is 9.64 Å². The Bertz CT molecular complexity index is 637. The van der Waals surface area contributed by atoms with E-state index in [9.17, 15) is 4.79 Å². The molecule has 0 saturated carbocycles. The fraction of sp³-hybridized carbons (Fsp3) is 0.682. The Kier molecular flexibility index (Phi) is 5.91. The molecule has 2 heterocycles. The van der Waals surface area contributed by atoms with Crippen LogP contribution in [0.4, 0.5) is 0 Å². The summed E-state index contributed by atoms with van der Waals surface area (Å²) in [6.07, 6.45) is 5.60. The molecule has 1 aromatic rings. The van der Waals surface area contributed by atoms with Crippen LogP contribution in [0.15, 0.2) is 18.2 Å². The molecule has 1 amide bonds. The van der Waals surface area contributed by atoms with Gasteiger partial charge in [-0.05, 0) is 63.2 Å². The Morgan fingerprint density at radius 2 is 1.92 bits per heavy atom. The monoisotopic (exact) mass is 358 g/mol. The van der Waals surface area contributed by atoms with Crippen LogP contribution in [-0.2, 0) is 11.3 Å². The number of amides is 1. The summed E-state index contributed by atoms with van der Waals surface area (Å²) in [7, 11) is 3.73. The summed E-state index contributed by atoms with van der Waals surface area (Å²) in [5, 5.41) is 0. The van der Waals surface area contributed by atoms with Gasteiger partial charge in [0.1, 0.15) is 5.75 Å². The first kappa shape index (κ1) is 19.2. The van der Waals surface area contributed by atoms with Gasteiger partial charge in [-0.15, -0.1) is 0 Å².